The summed E-state index contributed by atoms with van der Waals surface area (Å²) in [6.07, 6.45) is 1.01. The van der Waals surface area contributed by atoms with E-state index in [0.717, 1.165) is 16.7 Å². The summed E-state index contributed by atoms with van der Waals surface area (Å²) in [5, 5.41) is 5.12. The summed E-state index contributed by atoms with van der Waals surface area (Å²) in [5.74, 6) is -3.43. The minimum Gasteiger partial charge on any atom is -0.323 e. The van der Waals surface area contributed by atoms with E-state index in [9.17, 15) is 23.2 Å². The van der Waals surface area contributed by atoms with Gasteiger partial charge in [-0.25, -0.2) is 23.5 Å². The lowest BCUT2D eigenvalue weighted by Gasteiger charge is -2.22. The summed E-state index contributed by atoms with van der Waals surface area (Å²) in [6.45, 7) is 1.63. The van der Waals surface area contributed by atoms with Crippen molar-refractivity contribution in [2.24, 2.45) is 0 Å². The number of imide groups is 1. The van der Waals surface area contributed by atoms with E-state index in [-0.39, 0.29) is 22.8 Å². The molecule has 0 aliphatic carbocycles. The van der Waals surface area contributed by atoms with Crippen molar-refractivity contribution in [3.8, 4) is 0 Å². The van der Waals surface area contributed by atoms with Gasteiger partial charge in [-0.15, -0.1) is 0 Å². The Kier molecular flexibility index (Phi) is 5.82. The maximum atomic E-state index is 13.8. The molecular formula is C23H17ClF2N4O3. The second-order valence-corrected chi connectivity index (χ2v) is 8.08. The van der Waals surface area contributed by atoms with Gasteiger partial charge in [-0.2, -0.15) is 0 Å². The maximum Gasteiger partial charge on any atom is 0.329 e. The van der Waals surface area contributed by atoms with E-state index < -0.39 is 40.7 Å². The van der Waals surface area contributed by atoms with Gasteiger partial charge < -0.3 is 10.6 Å². The van der Waals surface area contributed by atoms with Gasteiger partial charge in [-0.1, -0.05) is 41.9 Å². The van der Waals surface area contributed by atoms with Gasteiger partial charge in [0.15, 0.2) is 11.5 Å². The molecule has 0 radical (unpaired) electrons. The molecule has 2 heterocycles. The number of amides is 4. The smallest absolute Gasteiger partial charge is 0.323 e. The fourth-order valence-corrected chi connectivity index (χ4v) is 3.83. The maximum absolute atomic E-state index is 13.8. The number of hydrogen-bond donors (Lipinski definition) is 2. The van der Waals surface area contributed by atoms with Gasteiger partial charge in [-0.3, -0.25) is 9.59 Å². The molecule has 4 rings (SSSR count). The van der Waals surface area contributed by atoms with Gasteiger partial charge in [0.2, 0.25) is 0 Å². The number of nitrogens with zero attached hydrogens (tertiary/aromatic N) is 2. The zero-order valence-electron chi connectivity index (χ0n) is 17.2. The summed E-state index contributed by atoms with van der Waals surface area (Å²) in [7, 11) is 0. The fraction of sp³-hybridized carbons (Fsp3) is 0.130. The number of pyridine rings is 1. The Morgan fingerprint density at radius 1 is 1.15 bits per heavy atom. The van der Waals surface area contributed by atoms with Crippen molar-refractivity contribution in [3.05, 3.63) is 88.7 Å². The van der Waals surface area contributed by atoms with Crippen LogP contribution in [0, 0.1) is 11.6 Å². The summed E-state index contributed by atoms with van der Waals surface area (Å²) in [4.78, 5) is 42.4. The normalized spacial score (nSPS) is 17.8. The third kappa shape index (κ3) is 4.40. The molecule has 3 aromatic rings. The molecule has 1 aliphatic heterocycles. The van der Waals surface area contributed by atoms with Crippen LogP contribution in [0.3, 0.4) is 0 Å². The van der Waals surface area contributed by atoms with Crippen LogP contribution in [0.15, 0.2) is 60.8 Å². The van der Waals surface area contributed by atoms with E-state index in [2.05, 4.69) is 15.6 Å². The van der Waals surface area contributed by atoms with Crippen molar-refractivity contribution in [2.45, 2.75) is 18.9 Å². The first-order chi connectivity index (χ1) is 15.7. The van der Waals surface area contributed by atoms with Gasteiger partial charge >= 0.3 is 6.03 Å². The minimum absolute atomic E-state index is 0.00722. The fourth-order valence-electron chi connectivity index (χ4n) is 3.57. The molecule has 4 amide bonds. The number of nitrogens with one attached hydrogen (secondary N) is 2. The second kappa shape index (κ2) is 8.59. The predicted molar refractivity (Wildman–Crippen MR) is 118 cm³/mol. The Hall–Kier alpha value is -3.85. The van der Waals surface area contributed by atoms with Gasteiger partial charge in [0.05, 0.1) is 16.9 Å². The molecule has 7 nitrogen and oxygen atoms in total. The highest BCUT2D eigenvalue weighted by molar-refractivity contribution is 6.36. The molecule has 10 heteroatoms. The van der Waals surface area contributed by atoms with Crippen LogP contribution < -0.4 is 15.5 Å². The number of urea groups is 1. The first-order valence-electron chi connectivity index (χ1n) is 9.80. The number of benzene rings is 2. The molecule has 168 valence electrons. The van der Waals surface area contributed by atoms with Crippen LogP contribution in [-0.2, 0) is 11.2 Å². The summed E-state index contributed by atoms with van der Waals surface area (Å²) >= 11 is 6.31. The highest BCUT2D eigenvalue weighted by Crippen LogP contribution is 2.34. The van der Waals surface area contributed by atoms with Crippen molar-refractivity contribution in [2.75, 3.05) is 10.2 Å². The van der Waals surface area contributed by atoms with E-state index in [0.29, 0.717) is 6.07 Å². The van der Waals surface area contributed by atoms with Crippen LogP contribution in [-0.4, -0.2) is 28.4 Å². The molecule has 2 N–H and O–H groups in total. The average molecular weight is 471 g/mol. The highest BCUT2D eigenvalue weighted by Gasteiger charge is 2.48. The van der Waals surface area contributed by atoms with E-state index in [1.54, 1.807) is 6.92 Å². The summed E-state index contributed by atoms with van der Waals surface area (Å²) < 4.78 is 26.8. The van der Waals surface area contributed by atoms with Crippen molar-refractivity contribution in [1.82, 2.24) is 10.3 Å². The zero-order valence-corrected chi connectivity index (χ0v) is 18.0. The van der Waals surface area contributed by atoms with Gasteiger partial charge in [0.1, 0.15) is 11.4 Å². The molecular weight excluding hydrogens is 454 g/mol. The largest absolute Gasteiger partial charge is 0.329 e. The number of rotatable bonds is 5. The minimum atomic E-state index is -1.17. The quantitative estimate of drug-likeness (QED) is 0.543. The molecule has 1 atom stereocenters. The standard InChI is InChI=1S/C23H17ClF2N4O3/c1-23(11-13-5-3-2-4-6-13)21(32)30(22(33)29-23)18-8-7-15(10-16(18)24)28-20(31)19-17(26)9-14(25)12-27-19/h2-10,12H,11H2,1H3,(H,28,31)(H,29,33). The number of halogens is 3. The molecule has 1 fully saturated rings. The SMILES string of the molecule is CC1(Cc2ccccc2)NC(=O)N(c2ccc(NC(=O)c3ncc(F)cc3F)cc2Cl)C1=O. The van der Waals surface area contributed by atoms with Crippen molar-refractivity contribution in [1.29, 1.82) is 0 Å². The van der Waals surface area contributed by atoms with Crippen LogP contribution >= 0.6 is 11.6 Å². The zero-order chi connectivity index (χ0) is 23.8. The molecule has 2 aromatic carbocycles. The number of hydrogen-bond acceptors (Lipinski definition) is 4. The van der Waals surface area contributed by atoms with E-state index >= 15 is 0 Å². The Bertz CT molecular complexity index is 1270. The Morgan fingerprint density at radius 2 is 1.88 bits per heavy atom. The summed E-state index contributed by atoms with van der Waals surface area (Å²) in [5.41, 5.74) is -0.595. The molecule has 1 saturated heterocycles. The topological polar surface area (TPSA) is 91.4 Å². The molecule has 0 saturated carbocycles. The third-order valence-corrected chi connectivity index (χ3v) is 5.43. The Labute approximate surface area is 192 Å². The van der Waals surface area contributed by atoms with Crippen LogP contribution in [0.4, 0.5) is 25.0 Å². The lowest BCUT2D eigenvalue weighted by atomic mass is 9.93. The van der Waals surface area contributed by atoms with Crippen LogP contribution in [0.5, 0.6) is 0 Å². The first-order valence-corrected chi connectivity index (χ1v) is 10.2. The number of aromatic nitrogens is 1. The molecule has 0 spiro atoms. The molecule has 1 unspecified atom stereocenters. The van der Waals surface area contributed by atoms with Crippen LogP contribution in [0.2, 0.25) is 5.02 Å². The summed E-state index contributed by atoms with van der Waals surface area (Å²) in [6, 6.07) is 13.3. The number of anilines is 2. The lowest BCUT2D eigenvalue weighted by molar-refractivity contribution is -0.121. The molecule has 1 aliphatic rings. The lowest BCUT2D eigenvalue weighted by Crippen LogP contribution is -2.46. The molecule has 33 heavy (non-hydrogen) atoms. The van der Waals surface area contributed by atoms with Crippen LogP contribution in [0.25, 0.3) is 0 Å². The monoisotopic (exact) mass is 470 g/mol. The highest BCUT2D eigenvalue weighted by atomic mass is 35.5. The van der Waals surface area contributed by atoms with E-state index in [1.165, 1.54) is 18.2 Å². The molecule has 0 bridgehead atoms. The average Bonchev–Trinajstić information content (AvgIpc) is 2.97. The molecule has 1 aromatic heterocycles. The predicted octanol–water partition coefficient (Wildman–Crippen LogP) is 4.32. The van der Waals surface area contributed by atoms with Crippen LogP contribution in [0.1, 0.15) is 23.0 Å². The van der Waals surface area contributed by atoms with Crippen molar-refractivity contribution >= 4 is 40.8 Å². The van der Waals surface area contributed by atoms with E-state index in [4.69, 9.17) is 11.6 Å². The first kappa shape index (κ1) is 22.3. The van der Waals surface area contributed by atoms with Crippen molar-refractivity contribution < 1.29 is 23.2 Å². The van der Waals surface area contributed by atoms with Gasteiger partial charge in [0, 0.05) is 18.2 Å². The Morgan fingerprint density at radius 3 is 2.55 bits per heavy atom. The third-order valence-electron chi connectivity index (χ3n) is 5.13. The van der Waals surface area contributed by atoms with Crippen molar-refractivity contribution in [3.63, 3.8) is 0 Å². The van der Waals surface area contributed by atoms with E-state index in [1.807, 2.05) is 30.3 Å². The number of carbonyl (C=O) groups is 3. The Balaban J connectivity index is 1.54. The second-order valence-electron chi connectivity index (χ2n) is 7.67. The van der Waals surface area contributed by atoms with Gasteiger partial charge in [-0.05, 0) is 30.7 Å². The van der Waals surface area contributed by atoms with Gasteiger partial charge in [0.25, 0.3) is 11.8 Å². The number of carbonyl (C=O) groups excluding carboxylic acids is 3.